The molecule has 1 N–H and O–H groups in total. The molecule has 0 saturated heterocycles. The van der Waals surface area contributed by atoms with Gasteiger partial charge in [-0.15, -0.1) is 0 Å². The molecule has 2 rings (SSSR count). The lowest BCUT2D eigenvalue weighted by molar-refractivity contribution is -0.137. The number of hydrogen-bond acceptors (Lipinski definition) is 5. The molecule has 0 heterocycles. The van der Waals surface area contributed by atoms with Gasteiger partial charge in [-0.1, -0.05) is 43.0 Å². The number of rotatable bonds is 11. The minimum absolute atomic E-state index is 0.120. The average Bonchev–Trinajstić information content (AvgIpc) is 2.72. The Morgan fingerprint density at radius 1 is 1.00 bits per heavy atom. The van der Waals surface area contributed by atoms with E-state index in [2.05, 4.69) is 6.58 Å². The van der Waals surface area contributed by atoms with Gasteiger partial charge in [0, 0.05) is 11.6 Å². The molecule has 0 aliphatic heterocycles. The van der Waals surface area contributed by atoms with Crippen LogP contribution in [-0.2, 0) is 9.53 Å². The van der Waals surface area contributed by atoms with Crippen LogP contribution in [0.5, 0.6) is 11.5 Å². The highest BCUT2D eigenvalue weighted by molar-refractivity contribution is 6.11. The highest BCUT2D eigenvalue weighted by atomic mass is 16.5. The second-order valence-corrected chi connectivity index (χ2v) is 6.44. The molecular formula is C23H26O5. The fourth-order valence-electron chi connectivity index (χ4n) is 2.75. The summed E-state index contributed by atoms with van der Waals surface area (Å²) in [6.07, 6.45) is 4.55. The van der Waals surface area contributed by atoms with Crippen molar-refractivity contribution in [3.63, 3.8) is 0 Å². The van der Waals surface area contributed by atoms with Gasteiger partial charge in [-0.2, -0.15) is 0 Å². The molecule has 0 spiro atoms. The molecule has 5 nitrogen and oxygen atoms in total. The molecule has 0 aromatic heterocycles. The molecule has 0 aliphatic rings. The largest absolute Gasteiger partial charge is 0.504 e. The lowest BCUT2D eigenvalue weighted by Gasteiger charge is -2.14. The van der Waals surface area contributed by atoms with Gasteiger partial charge in [-0.05, 0) is 44.2 Å². The summed E-state index contributed by atoms with van der Waals surface area (Å²) in [5.41, 5.74) is 1.53. The van der Waals surface area contributed by atoms with Crippen molar-refractivity contribution >= 4 is 11.8 Å². The molecule has 148 valence electrons. The third-order valence-electron chi connectivity index (χ3n) is 4.31. The number of hydrogen-bond donors (Lipinski definition) is 1. The number of aryl methyl sites for hydroxylation is 1. The molecule has 0 aliphatic carbocycles. The van der Waals surface area contributed by atoms with E-state index in [1.54, 1.807) is 36.4 Å². The van der Waals surface area contributed by atoms with E-state index in [0.717, 1.165) is 37.3 Å². The number of aromatic hydroxyl groups is 1. The van der Waals surface area contributed by atoms with Gasteiger partial charge in [0.15, 0.2) is 17.3 Å². The molecule has 0 unspecified atom stereocenters. The van der Waals surface area contributed by atoms with Crippen LogP contribution < -0.4 is 4.74 Å². The standard InChI is InChI=1S/C23H26O5/c1-3-20(24)27-15-9-4-5-10-16-28-23-17(2)13-14-19(22(23)26)21(25)18-11-7-6-8-12-18/h3,6-8,11-14,26H,1,4-5,9-10,15-16H2,2H3. The van der Waals surface area contributed by atoms with Gasteiger partial charge in [-0.25, -0.2) is 4.79 Å². The topological polar surface area (TPSA) is 72.8 Å². The van der Waals surface area contributed by atoms with Crippen LogP contribution in [0.1, 0.15) is 47.2 Å². The highest BCUT2D eigenvalue weighted by Gasteiger charge is 2.18. The predicted octanol–water partition coefficient (Wildman–Crippen LogP) is 4.60. The SMILES string of the molecule is C=CC(=O)OCCCCCCOc1c(C)ccc(C(=O)c2ccccc2)c1O. The third-order valence-corrected chi connectivity index (χ3v) is 4.31. The number of unbranched alkanes of at least 4 members (excludes halogenated alkanes) is 3. The maximum atomic E-state index is 12.6. The van der Waals surface area contributed by atoms with Crippen LogP contribution in [0.15, 0.2) is 55.1 Å². The molecular weight excluding hydrogens is 356 g/mol. The lowest BCUT2D eigenvalue weighted by atomic mass is 10.0. The summed E-state index contributed by atoms with van der Waals surface area (Å²) in [5.74, 6) is -0.414. The molecule has 0 amide bonds. The molecule has 28 heavy (non-hydrogen) atoms. The number of phenolic OH excluding ortho intramolecular Hbond substituents is 1. The van der Waals surface area contributed by atoms with Crippen molar-refractivity contribution in [1.82, 2.24) is 0 Å². The highest BCUT2D eigenvalue weighted by Crippen LogP contribution is 2.35. The van der Waals surface area contributed by atoms with E-state index in [4.69, 9.17) is 9.47 Å². The number of benzene rings is 2. The van der Waals surface area contributed by atoms with Gasteiger partial charge in [-0.3, -0.25) is 4.79 Å². The van der Waals surface area contributed by atoms with Crippen molar-refractivity contribution < 1.29 is 24.2 Å². The van der Waals surface area contributed by atoms with Crippen LogP contribution in [0.4, 0.5) is 0 Å². The maximum absolute atomic E-state index is 12.6. The molecule has 0 bridgehead atoms. The van der Waals surface area contributed by atoms with E-state index in [0.29, 0.717) is 24.5 Å². The summed E-state index contributed by atoms with van der Waals surface area (Å²) in [6.45, 7) is 6.00. The smallest absolute Gasteiger partial charge is 0.330 e. The number of carbonyl (C=O) groups excluding carboxylic acids is 2. The van der Waals surface area contributed by atoms with E-state index in [1.807, 2.05) is 13.0 Å². The Labute approximate surface area is 165 Å². The number of ether oxygens (including phenoxy) is 2. The fourth-order valence-corrected chi connectivity index (χ4v) is 2.75. The zero-order valence-electron chi connectivity index (χ0n) is 16.1. The monoisotopic (exact) mass is 382 g/mol. The van der Waals surface area contributed by atoms with Crippen LogP contribution in [-0.4, -0.2) is 30.1 Å². The second-order valence-electron chi connectivity index (χ2n) is 6.44. The Hall–Kier alpha value is -3.08. The zero-order chi connectivity index (χ0) is 20.4. The minimum Gasteiger partial charge on any atom is -0.504 e. The van der Waals surface area contributed by atoms with E-state index >= 15 is 0 Å². The van der Waals surface area contributed by atoms with Gasteiger partial charge >= 0.3 is 5.97 Å². The van der Waals surface area contributed by atoms with Crippen LogP contribution in [0.25, 0.3) is 0 Å². The first kappa shape index (κ1) is 21.2. The maximum Gasteiger partial charge on any atom is 0.330 e. The first-order valence-corrected chi connectivity index (χ1v) is 9.39. The van der Waals surface area contributed by atoms with E-state index in [-0.39, 0.29) is 17.1 Å². The van der Waals surface area contributed by atoms with Gasteiger partial charge in [0.05, 0.1) is 18.8 Å². The zero-order valence-corrected chi connectivity index (χ0v) is 16.1. The molecule has 2 aromatic carbocycles. The van der Waals surface area contributed by atoms with Crippen molar-refractivity contribution in [2.75, 3.05) is 13.2 Å². The molecule has 5 heteroatoms. The van der Waals surface area contributed by atoms with Crippen molar-refractivity contribution in [2.24, 2.45) is 0 Å². The molecule has 0 atom stereocenters. The Bertz CT molecular complexity index is 811. The normalized spacial score (nSPS) is 10.3. The lowest BCUT2D eigenvalue weighted by Crippen LogP contribution is -2.05. The number of carbonyl (C=O) groups is 2. The number of phenols is 1. The van der Waals surface area contributed by atoms with Gasteiger partial charge in [0.2, 0.25) is 0 Å². The average molecular weight is 382 g/mol. The summed E-state index contributed by atoms with van der Waals surface area (Å²) in [4.78, 5) is 23.5. The van der Waals surface area contributed by atoms with Crippen LogP contribution >= 0.6 is 0 Å². The van der Waals surface area contributed by atoms with Gasteiger partial charge < -0.3 is 14.6 Å². The minimum atomic E-state index is -0.404. The fraction of sp³-hybridized carbons (Fsp3) is 0.304. The molecule has 2 aromatic rings. The van der Waals surface area contributed by atoms with E-state index < -0.39 is 5.97 Å². The molecule has 0 saturated carbocycles. The molecule has 0 fully saturated rings. The summed E-state index contributed by atoms with van der Waals surface area (Å²) in [5, 5.41) is 10.5. The van der Waals surface area contributed by atoms with Crippen LogP contribution in [0, 0.1) is 6.92 Å². The van der Waals surface area contributed by atoms with Crippen molar-refractivity contribution in [1.29, 1.82) is 0 Å². The van der Waals surface area contributed by atoms with Crippen molar-refractivity contribution in [2.45, 2.75) is 32.6 Å². The Balaban J connectivity index is 1.86. The summed E-state index contributed by atoms with van der Waals surface area (Å²) < 4.78 is 10.7. The Morgan fingerprint density at radius 3 is 2.36 bits per heavy atom. The first-order chi connectivity index (χ1) is 13.5. The summed E-state index contributed by atoms with van der Waals surface area (Å²) >= 11 is 0. The summed E-state index contributed by atoms with van der Waals surface area (Å²) in [7, 11) is 0. The molecule has 0 radical (unpaired) electrons. The van der Waals surface area contributed by atoms with Crippen LogP contribution in [0.3, 0.4) is 0 Å². The predicted molar refractivity (Wildman–Crippen MR) is 108 cm³/mol. The summed E-state index contributed by atoms with van der Waals surface area (Å²) in [6, 6.07) is 12.2. The third kappa shape index (κ3) is 5.98. The Morgan fingerprint density at radius 2 is 1.68 bits per heavy atom. The van der Waals surface area contributed by atoms with Crippen molar-refractivity contribution in [3.8, 4) is 11.5 Å². The quantitative estimate of drug-likeness (QED) is 0.266. The van der Waals surface area contributed by atoms with E-state index in [9.17, 15) is 14.7 Å². The number of esters is 1. The van der Waals surface area contributed by atoms with Gasteiger partial charge in [0.25, 0.3) is 0 Å². The van der Waals surface area contributed by atoms with Crippen molar-refractivity contribution in [3.05, 3.63) is 71.8 Å². The Kier molecular flexibility index (Phi) is 8.28. The van der Waals surface area contributed by atoms with Crippen LogP contribution in [0.2, 0.25) is 0 Å². The second kappa shape index (κ2) is 10.9. The van der Waals surface area contributed by atoms with Gasteiger partial charge in [0.1, 0.15) is 0 Å². The van der Waals surface area contributed by atoms with E-state index in [1.165, 1.54) is 0 Å². The first-order valence-electron chi connectivity index (χ1n) is 9.39. The number of ketones is 1.